The first kappa shape index (κ1) is 14.1. The van der Waals surface area contributed by atoms with E-state index in [0.29, 0.717) is 12.8 Å². The second-order valence-corrected chi connectivity index (χ2v) is 6.52. The quantitative estimate of drug-likeness (QED) is 0.647. The molecular weight excluding hydrogens is 202 g/mol. The van der Waals surface area contributed by atoms with E-state index in [1.807, 2.05) is 27.7 Å². The van der Waals surface area contributed by atoms with Crippen molar-refractivity contribution in [2.24, 2.45) is 5.41 Å². The molecule has 0 aliphatic rings. The summed E-state index contributed by atoms with van der Waals surface area (Å²) in [6, 6.07) is 0. The standard InChI is InChI=1S/C10H22FO2P/c1-6-8-14(11,12)13-9(7-2)10(3,4)5/h9H,6-8H2,1-5H3. The minimum atomic E-state index is -3.86. The molecule has 14 heavy (non-hydrogen) atoms. The number of hydrogen-bond donors (Lipinski definition) is 0. The molecule has 0 aromatic heterocycles. The Labute approximate surface area is 86.8 Å². The van der Waals surface area contributed by atoms with Gasteiger partial charge in [-0.15, -0.1) is 0 Å². The fraction of sp³-hybridized carbons (Fsp3) is 1.00. The van der Waals surface area contributed by atoms with Crippen molar-refractivity contribution < 1.29 is 13.3 Å². The number of halogens is 1. The lowest BCUT2D eigenvalue weighted by molar-refractivity contribution is 0.0778. The van der Waals surface area contributed by atoms with Gasteiger partial charge in [0.15, 0.2) is 0 Å². The maximum atomic E-state index is 13.4. The zero-order valence-corrected chi connectivity index (χ0v) is 10.7. The molecular formula is C10H22FO2P. The largest absolute Gasteiger partial charge is 0.367 e. The summed E-state index contributed by atoms with van der Waals surface area (Å²) in [5, 5.41) is 0. The van der Waals surface area contributed by atoms with Gasteiger partial charge in [0, 0.05) is 0 Å². The second-order valence-electron chi connectivity index (χ2n) is 4.68. The first-order valence-electron chi connectivity index (χ1n) is 5.20. The average molecular weight is 224 g/mol. The zero-order chi connectivity index (χ0) is 11.4. The Morgan fingerprint density at radius 2 is 1.86 bits per heavy atom. The maximum absolute atomic E-state index is 13.4. The first-order valence-corrected chi connectivity index (χ1v) is 6.90. The van der Waals surface area contributed by atoms with Crippen LogP contribution in [0.1, 0.15) is 47.5 Å². The van der Waals surface area contributed by atoms with E-state index in [1.165, 1.54) is 0 Å². The Balaban J connectivity index is 4.39. The number of rotatable bonds is 5. The lowest BCUT2D eigenvalue weighted by atomic mass is 9.88. The molecule has 0 aliphatic carbocycles. The fourth-order valence-electron chi connectivity index (χ4n) is 1.35. The summed E-state index contributed by atoms with van der Waals surface area (Å²) in [6.45, 7) is 9.61. The van der Waals surface area contributed by atoms with E-state index in [4.69, 9.17) is 4.52 Å². The molecule has 0 spiro atoms. The van der Waals surface area contributed by atoms with Crippen molar-refractivity contribution in [3.63, 3.8) is 0 Å². The topological polar surface area (TPSA) is 26.3 Å². The second kappa shape index (κ2) is 5.27. The molecule has 0 saturated heterocycles. The molecule has 2 unspecified atom stereocenters. The van der Waals surface area contributed by atoms with Crippen LogP contribution < -0.4 is 0 Å². The molecule has 0 aliphatic heterocycles. The van der Waals surface area contributed by atoms with Crippen LogP contribution in [0.4, 0.5) is 4.20 Å². The molecule has 0 radical (unpaired) electrons. The molecule has 0 aromatic rings. The van der Waals surface area contributed by atoms with Gasteiger partial charge in [-0.25, -0.2) is 0 Å². The molecule has 0 saturated carbocycles. The Morgan fingerprint density at radius 1 is 1.36 bits per heavy atom. The minimum absolute atomic E-state index is 0.0274. The third-order valence-electron chi connectivity index (χ3n) is 2.11. The first-order chi connectivity index (χ1) is 6.23. The van der Waals surface area contributed by atoms with Crippen molar-refractivity contribution in [1.82, 2.24) is 0 Å². The molecule has 2 nitrogen and oxygen atoms in total. The van der Waals surface area contributed by atoms with Crippen LogP contribution in [0.5, 0.6) is 0 Å². The summed E-state index contributed by atoms with van der Waals surface area (Å²) < 4.78 is 29.8. The highest BCUT2D eigenvalue weighted by Gasteiger charge is 2.32. The molecule has 0 N–H and O–H groups in total. The summed E-state index contributed by atoms with van der Waals surface area (Å²) in [5.74, 6) is 0. The van der Waals surface area contributed by atoms with Gasteiger partial charge in [0.25, 0.3) is 0 Å². The Kier molecular flexibility index (Phi) is 5.32. The zero-order valence-electron chi connectivity index (χ0n) is 9.84. The maximum Gasteiger partial charge on any atom is 0.367 e. The van der Waals surface area contributed by atoms with Gasteiger partial charge in [-0.2, -0.15) is 4.20 Å². The monoisotopic (exact) mass is 224 g/mol. The van der Waals surface area contributed by atoms with E-state index in [-0.39, 0.29) is 17.7 Å². The van der Waals surface area contributed by atoms with Crippen LogP contribution in [-0.2, 0) is 9.09 Å². The van der Waals surface area contributed by atoms with Crippen LogP contribution >= 0.6 is 7.68 Å². The van der Waals surface area contributed by atoms with Crippen molar-refractivity contribution in [2.75, 3.05) is 6.16 Å². The smallest absolute Gasteiger partial charge is 0.302 e. The van der Waals surface area contributed by atoms with E-state index >= 15 is 0 Å². The van der Waals surface area contributed by atoms with Gasteiger partial charge in [-0.3, -0.25) is 4.57 Å². The molecule has 0 rings (SSSR count). The summed E-state index contributed by atoms with van der Waals surface area (Å²) >= 11 is 0. The predicted octanol–water partition coefficient (Wildman–Crippen LogP) is 4.40. The predicted molar refractivity (Wildman–Crippen MR) is 58.5 cm³/mol. The van der Waals surface area contributed by atoms with Gasteiger partial charge < -0.3 is 4.52 Å². The van der Waals surface area contributed by atoms with Gasteiger partial charge in [0.1, 0.15) is 0 Å². The van der Waals surface area contributed by atoms with Gasteiger partial charge >= 0.3 is 7.68 Å². The van der Waals surface area contributed by atoms with Crippen molar-refractivity contribution in [3.05, 3.63) is 0 Å². The van der Waals surface area contributed by atoms with E-state index < -0.39 is 7.68 Å². The molecule has 0 heterocycles. The highest BCUT2D eigenvalue weighted by Crippen LogP contribution is 2.52. The van der Waals surface area contributed by atoms with Gasteiger partial charge in [-0.05, 0) is 18.3 Å². The van der Waals surface area contributed by atoms with Crippen molar-refractivity contribution in [2.45, 2.75) is 53.6 Å². The van der Waals surface area contributed by atoms with Crippen LogP contribution in [0.3, 0.4) is 0 Å². The van der Waals surface area contributed by atoms with Gasteiger partial charge in [0.2, 0.25) is 0 Å². The van der Waals surface area contributed by atoms with Crippen molar-refractivity contribution in [3.8, 4) is 0 Å². The number of hydrogen-bond acceptors (Lipinski definition) is 2. The fourth-order valence-corrected chi connectivity index (χ4v) is 2.84. The van der Waals surface area contributed by atoms with Gasteiger partial charge in [0.05, 0.1) is 12.3 Å². The molecule has 0 bridgehead atoms. The van der Waals surface area contributed by atoms with E-state index in [9.17, 15) is 8.76 Å². The summed E-state index contributed by atoms with van der Waals surface area (Å²) in [7, 11) is -3.86. The summed E-state index contributed by atoms with van der Waals surface area (Å²) in [5.41, 5.74) is -0.162. The molecule has 0 aromatic carbocycles. The molecule has 2 atom stereocenters. The lowest BCUT2D eigenvalue weighted by Crippen LogP contribution is -2.27. The SMILES string of the molecule is CCCP(=O)(F)OC(CC)C(C)(C)C. The van der Waals surface area contributed by atoms with E-state index in [2.05, 4.69) is 0 Å². The van der Waals surface area contributed by atoms with Gasteiger partial charge in [-0.1, -0.05) is 34.6 Å². The van der Waals surface area contributed by atoms with Crippen LogP contribution in [0.25, 0.3) is 0 Å². The van der Waals surface area contributed by atoms with Crippen LogP contribution in [0, 0.1) is 5.41 Å². The van der Waals surface area contributed by atoms with E-state index in [0.717, 1.165) is 0 Å². The summed E-state index contributed by atoms with van der Waals surface area (Å²) in [6.07, 6.45) is 0.986. The van der Waals surface area contributed by atoms with Crippen LogP contribution in [0.2, 0.25) is 0 Å². The average Bonchev–Trinajstić information content (AvgIpc) is 1.98. The van der Waals surface area contributed by atoms with Crippen LogP contribution in [-0.4, -0.2) is 12.3 Å². The normalized spacial score (nSPS) is 19.0. The van der Waals surface area contributed by atoms with Crippen LogP contribution in [0.15, 0.2) is 0 Å². The molecule has 4 heteroatoms. The molecule has 0 fully saturated rings. The lowest BCUT2D eigenvalue weighted by Gasteiger charge is -2.30. The summed E-state index contributed by atoms with van der Waals surface area (Å²) in [4.78, 5) is 0. The highest BCUT2D eigenvalue weighted by atomic mass is 31.2. The third kappa shape index (κ3) is 5.11. The van der Waals surface area contributed by atoms with E-state index in [1.54, 1.807) is 6.92 Å². The Morgan fingerprint density at radius 3 is 2.14 bits per heavy atom. The minimum Gasteiger partial charge on any atom is -0.302 e. The molecule has 0 amide bonds. The highest BCUT2D eigenvalue weighted by molar-refractivity contribution is 7.53. The Bertz CT molecular complexity index is 211. The Hall–Kier alpha value is 0.120. The van der Waals surface area contributed by atoms with Crippen molar-refractivity contribution in [1.29, 1.82) is 0 Å². The van der Waals surface area contributed by atoms with Crippen molar-refractivity contribution >= 4 is 7.68 Å². The molecule has 86 valence electrons. The third-order valence-corrected chi connectivity index (χ3v) is 3.66.